The van der Waals surface area contributed by atoms with Crippen LogP contribution in [0.25, 0.3) is 164 Å². The summed E-state index contributed by atoms with van der Waals surface area (Å²) in [7, 11) is 0. The van der Waals surface area contributed by atoms with E-state index >= 15 is 0 Å². The van der Waals surface area contributed by atoms with Gasteiger partial charge in [0, 0.05) is 87.7 Å². The van der Waals surface area contributed by atoms with E-state index in [1.165, 1.54) is 108 Å². The van der Waals surface area contributed by atoms with Crippen LogP contribution in [0, 0.1) is 0 Å². The van der Waals surface area contributed by atoms with Crippen LogP contribution in [0.4, 0.5) is 34.1 Å². The van der Waals surface area contributed by atoms with Crippen LogP contribution in [0.5, 0.6) is 0 Å². The molecule has 2 aliphatic rings. The van der Waals surface area contributed by atoms with Crippen LogP contribution in [0.3, 0.4) is 0 Å². The molecule has 6 heteroatoms. The summed E-state index contributed by atoms with van der Waals surface area (Å²) in [6.07, 6.45) is 0. The molecule has 0 spiro atoms. The molecular formula is C108H69BN4S. The smallest absolute Gasteiger partial charge is 0.252 e. The molecule has 4 nitrogen and oxygen atoms in total. The maximum Gasteiger partial charge on any atom is 0.252 e. The molecule has 3 aromatic heterocycles. The minimum Gasteiger partial charge on any atom is -0.310 e. The third kappa shape index (κ3) is 10.5. The molecule has 0 aliphatic carbocycles. The van der Waals surface area contributed by atoms with Gasteiger partial charge in [-0.3, -0.25) is 0 Å². The molecule has 530 valence electrons. The summed E-state index contributed by atoms with van der Waals surface area (Å²) in [6, 6.07) is 157. The second-order valence-electron chi connectivity index (χ2n) is 30.1. The molecule has 5 heterocycles. The van der Waals surface area contributed by atoms with Crippen molar-refractivity contribution in [3.8, 4) is 100 Å². The van der Waals surface area contributed by atoms with Crippen LogP contribution in [0.1, 0.15) is 0 Å². The Hall–Kier alpha value is -14.6. The van der Waals surface area contributed by atoms with Crippen molar-refractivity contribution < 1.29 is 0 Å². The lowest BCUT2D eigenvalue weighted by atomic mass is 9.33. The molecule has 0 amide bonds. The van der Waals surface area contributed by atoms with E-state index in [1.807, 2.05) is 11.3 Å². The average molecular weight is 1470 g/mol. The zero-order valence-electron chi connectivity index (χ0n) is 62.1. The van der Waals surface area contributed by atoms with Gasteiger partial charge in [-0.05, 0) is 156 Å². The van der Waals surface area contributed by atoms with Crippen LogP contribution in [0.2, 0.25) is 0 Å². The van der Waals surface area contributed by atoms with Crippen molar-refractivity contribution in [1.82, 2.24) is 9.13 Å². The van der Waals surface area contributed by atoms with Crippen molar-refractivity contribution in [3.63, 3.8) is 0 Å². The third-order valence-corrected chi connectivity index (χ3v) is 25.1. The molecule has 0 N–H and O–H groups in total. The molecule has 114 heavy (non-hydrogen) atoms. The highest BCUT2D eigenvalue weighted by atomic mass is 32.1. The molecule has 0 saturated carbocycles. The Morgan fingerprint density at radius 2 is 0.553 bits per heavy atom. The van der Waals surface area contributed by atoms with Crippen LogP contribution in [0.15, 0.2) is 419 Å². The fourth-order valence-corrected chi connectivity index (χ4v) is 20.0. The van der Waals surface area contributed by atoms with E-state index < -0.39 is 0 Å². The number of fused-ring (bicyclic) bond motifs is 14. The highest BCUT2D eigenvalue weighted by Crippen LogP contribution is 2.57. The highest BCUT2D eigenvalue weighted by molar-refractivity contribution is 7.26. The van der Waals surface area contributed by atoms with Crippen molar-refractivity contribution in [2.24, 2.45) is 0 Å². The Kier molecular flexibility index (Phi) is 15.3. The minimum atomic E-state index is -0.348. The lowest BCUT2D eigenvalue weighted by Crippen LogP contribution is -2.61. The van der Waals surface area contributed by atoms with Gasteiger partial charge in [-0.15, -0.1) is 11.3 Å². The van der Waals surface area contributed by atoms with E-state index in [9.17, 15) is 0 Å². The van der Waals surface area contributed by atoms with Gasteiger partial charge in [0.15, 0.2) is 0 Å². The Balaban J connectivity index is 0.891. The van der Waals surface area contributed by atoms with E-state index in [-0.39, 0.29) is 6.71 Å². The first-order valence-electron chi connectivity index (χ1n) is 39.3. The number of hydrogen-bond acceptors (Lipinski definition) is 3. The van der Waals surface area contributed by atoms with Crippen molar-refractivity contribution in [3.05, 3.63) is 419 Å². The van der Waals surface area contributed by atoms with Crippen LogP contribution < -0.4 is 26.2 Å². The first-order valence-corrected chi connectivity index (χ1v) is 40.1. The number of rotatable bonds is 12. The monoisotopic (exact) mass is 1460 g/mol. The summed E-state index contributed by atoms with van der Waals surface area (Å²) in [5.41, 5.74) is 35.5. The third-order valence-electron chi connectivity index (χ3n) is 23.9. The fraction of sp³-hybridized carbons (Fsp3) is 0. The maximum absolute atomic E-state index is 2.77. The summed E-state index contributed by atoms with van der Waals surface area (Å²) in [6.45, 7) is -0.348. The molecule has 21 aromatic rings. The molecule has 0 atom stereocenters. The fourth-order valence-electron chi connectivity index (χ4n) is 18.7. The average Bonchev–Trinajstić information content (AvgIpc) is 1.20. The molecule has 0 saturated heterocycles. The zero-order valence-corrected chi connectivity index (χ0v) is 62.9. The number of benzene rings is 18. The molecule has 2 aliphatic heterocycles. The number of aromatic nitrogens is 2. The largest absolute Gasteiger partial charge is 0.310 e. The second kappa shape index (κ2) is 26.6. The predicted molar refractivity (Wildman–Crippen MR) is 486 cm³/mol. The molecule has 0 radical (unpaired) electrons. The van der Waals surface area contributed by atoms with E-state index in [1.54, 1.807) is 0 Å². The minimum absolute atomic E-state index is 0.348. The maximum atomic E-state index is 2.77. The van der Waals surface area contributed by atoms with Crippen molar-refractivity contribution in [2.45, 2.75) is 0 Å². The van der Waals surface area contributed by atoms with Gasteiger partial charge in [-0.2, -0.15) is 0 Å². The quantitative estimate of drug-likeness (QED) is 0.113. The Morgan fingerprint density at radius 1 is 0.202 bits per heavy atom. The summed E-state index contributed by atoms with van der Waals surface area (Å²) in [4.78, 5) is 5.49. The van der Waals surface area contributed by atoms with Crippen molar-refractivity contribution >= 4 is 132 Å². The van der Waals surface area contributed by atoms with E-state index in [0.717, 1.165) is 106 Å². The van der Waals surface area contributed by atoms with E-state index in [2.05, 4.69) is 438 Å². The SMILES string of the molecule is c1ccc(-c2ccc(-c3cccc(-c4ccc(-c5ccccc5)cc4)c3N3c4ccc(-n5c6ccccc6c6ccccc65)cc4B4c5cc6c(cc5N(c5c(-c7ccc(-c8ccccc8)cc7)cccc5-c5ccc(-c7ccccc7)cc5)c5c4c3cc3c5sc4ccccc43)c3ccccc3n6-c3ccccc3)cc2)cc1. The summed E-state index contributed by atoms with van der Waals surface area (Å²) >= 11 is 1.92. The van der Waals surface area contributed by atoms with Crippen LogP contribution in [-0.2, 0) is 0 Å². The van der Waals surface area contributed by atoms with Gasteiger partial charge in [0.05, 0.1) is 43.8 Å². The molecule has 23 rings (SSSR count). The molecule has 0 fully saturated rings. The van der Waals surface area contributed by atoms with E-state index in [0.29, 0.717) is 0 Å². The van der Waals surface area contributed by atoms with Gasteiger partial charge >= 0.3 is 0 Å². The number of hydrogen-bond donors (Lipinski definition) is 0. The van der Waals surface area contributed by atoms with Crippen molar-refractivity contribution in [1.29, 1.82) is 0 Å². The number of thiophene rings is 1. The van der Waals surface area contributed by atoms with Gasteiger partial charge < -0.3 is 18.9 Å². The topological polar surface area (TPSA) is 16.3 Å². The number of para-hydroxylation sites is 6. The summed E-state index contributed by atoms with van der Waals surface area (Å²) in [5.74, 6) is 0. The van der Waals surface area contributed by atoms with Gasteiger partial charge in [0.2, 0.25) is 0 Å². The second-order valence-corrected chi connectivity index (χ2v) is 31.2. The van der Waals surface area contributed by atoms with Crippen molar-refractivity contribution in [2.75, 3.05) is 9.80 Å². The van der Waals surface area contributed by atoms with Gasteiger partial charge in [-0.1, -0.05) is 346 Å². The van der Waals surface area contributed by atoms with Gasteiger partial charge in [0.25, 0.3) is 6.71 Å². The first-order chi connectivity index (χ1) is 56.6. The normalized spacial score (nSPS) is 12.3. The highest BCUT2D eigenvalue weighted by Gasteiger charge is 2.47. The predicted octanol–water partition coefficient (Wildman–Crippen LogP) is 27.7. The van der Waals surface area contributed by atoms with Crippen LogP contribution >= 0.6 is 11.3 Å². The Bertz CT molecular complexity index is 7100. The zero-order chi connectivity index (χ0) is 74.9. The number of anilines is 6. The standard InChI is InChI=1S/C108H69BN4S/c1-6-26-70(27-7-1)74-48-56-78(57-49-74)84-40-24-41-85(79-58-50-75(51-59-79)71-28-8-2-9-29-71)105(84)112-99-65-64-83(111-96-44-20-16-36-88(96)89-37-17-21-45-97(89)111)66-94(99)109-95-69-100-92(90-38-18-22-46-98(90)110(100)82-34-14-5-15-35-82)67-101(95)113(107-104(109)102(112)68-93-91-39-19-23-47-103(91)114-108(93)107)106-86(80-60-52-76(53-61-80)72-30-10-3-11-31-72)42-25-43-87(106)81-62-54-77(55-63-81)73-32-12-4-13-33-73/h1-69H. The number of nitrogens with zero attached hydrogens (tertiary/aromatic N) is 4. The Morgan fingerprint density at radius 3 is 1.01 bits per heavy atom. The van der Waals surface area contributed by atoms with E-state index in [4.69, 9.17) is 0 Å². The molecule has 0 unspecified atom stereocenters. The lowest BCUT2D eigenvalue weighted by molar-refractivity contribution is 1.18. The van der Waals surface area contributed by atoms with Gasteiger partial charge in [0.1, 0.15) is 0 Å². The lowest BCUT2D eigenvalue weighted by Gasteiger charge is -2.46. The molecular weight excluding hydrogens is 1400 g/mol. The molecule has 0 bridgehead atoms. The summed E-state index contributed by atoms with van der Waals surface area (Å²) < 4.78 is 7.49. The first kappa shape index (κ1) is 65.3. The Labute approximate surface area is 665 Å². The summed E-state index contributed by atoms with van der Waals surface area (Å²) in [5, 5.41) is 7.22. The van der Waals surface area contributed by atoms with Crippen LogP contribution in [-0.4, -0.2) is 15.8 Å². The molecule has 18 aromatic carbocycles. The van der Waals surface area contributed by atoms with Gasteiger partial charge in [-0.25, -0.2) is 0 Å².